The molecular weight excluding hydrogens is 262 g/mol. The molecule has 0 amide bonds. The molecule has 0 spiro atoms. The molecule has 2 atom stereocenters. The van der Waals surface area contributed by atoms with Crippen molar-refractivity contribution in [1.29, 1.82) is 0 Å². The van der Waals surface area contributed by atoms with E-state index >= 15 is 0 Å². The number of nitrogens with one attached hydrogen (secondary N) is 2. The topological polar surface area (TPSA) is 74.8 Å². The van der Waals surface area contributed by atoms with Crippen LogP contribution in [0.5, 0.6) is 0 Å². The summed E-state index contributed by atoms with van der Waals surface area (Å²) in [6.45, 7) is 5.59. The van der Waals surface area contributed by atoms with Crippen molar-refractivity contribution in [3.05, 3.63) is 11.4 Å². The molecule has 1 aliphatic carbocycles. The zero-order valence-corrected chi connectivity index (χ0v) is 12.7. The second-order valence-corrected chi connectivity index (χ2v) is 7.26. The maximum Gasteiger partial charge on any atom is 0.244 e. The second-order valence-electron chi connectivity index (χ2n) is 5.61. The van der Waals surface area contributed by atoms with Crippen molar-refractivity contribution in [3.63, 3.8) is 0 Å². The lowest BCUT2D eigenvalue weighted by Gasteiger charge is -2.22. The SMILES string of the molecule is Cc1n[nH]c(C)c1S(=O)(=O)NC1CCCCCC1C. The first kappa shape index (κ1) is 14.5. The molecule has 6 heteroatoms. The Kier molecular flexibility index (Phi) is 4.30. The van der Waals surface area contributed by atoms with Gasteiger partial charge in [-0.1, -0.05) is 26.2 Å². The average molecular weight is 285 g/mol. The van der Waals surface area contributed by atoms with Crippen molar-refractivity contribution in [2.75, 3.05) is 0 Å². The number of nitrogens with zero attached hydrogens (tertiary/aromatic N) is 1. The van der Waals surface area contributed by atoms with Crippen molar-refractivity contribution < 1.29 is 8.42 Å². The smallest absolute Gasteiger partial charge is 0.244 e. The number of aromatic amines is 1. The Morgan fingerprint density at radius 2 is 1.89 bits per heavy atom. The molecule has 0 saturated heterocycles. The van der Waals surface area contributed by atoms with E-state index in [1.165, 1.54) is 12.8 Å². The Morgan fingerprint density at radius 1 is 1.21 bits per heavy atom. The van der Waals surface area contributed by atoms with Crippen molar-refractivity contribution >= 4 is 10.0 Å². The van der Waals surface area contributed by atoms with Crippen molar-refractivity contribution in [2.24, 2.45) is 5.92 Å². The largest absolute Gasteiger partial charge is 0.281 e. The summed E-state index contributed by atoms with van der Waals surface area (Å²) in [4.78, 5) is 0.309. The van der Waals surface area contributed by atoms with E-state index in [-0.39, 0.29) is 6.04 Å². The molecule has 5 nitrogen and oxygen atoms in total. The number of rotatable bonds is 3. The van der Waals surface area contributed by atoms with E-state index in [2.05, 4.69) is 21.8 Å². The monoisotopic (exact) mass is 285 g/mol. The lowest BCUT2D eigenvalue weighted by molar-refractivity contribution is 0.399. The van der Waals surface area contributed by atoms with Gasteiger partial charge in [0, 0.05) is 6.04 Å². The van der Waals surface area contributed by atoms with Gasteiger partial charge in [0.25, 0.3) is 0 Å². The molecule has 0 aromatic carbocycles. The fourth-order valence-corrected chi connectivity index (χ4v) is 4.61. The van der Waals surface area contributed by atoms with Gasteiger partial charge in [0.2, 0.25) is 10.0 Å². The molecule has 1 aromatic rings. The van der Waals surface area contributed by atoms with Gasteiger partial charge in [-0.15, -0.1) is 0 Å². The minimum Gasteiger partial charge on any atom is -0.281 e. The van der Waals surface area contributed by atoms with Crippen LogP contribution >= 0.6 is 0 Å². The average Bonchev–Trinajstić information content (AvgIpc) is 2.54. The minimum absolute atomic E-state index is 0.0428. The van der Waals surface area contributed by atoms with E-state index in [1.54, 1.807) is 13.8 Å². The summed E-state index contributed by atoms with van der Waals surface area (Å²) >= 11 is 0. The van der Waals surface area contributed by atoms with Crippen LogP contribution in [0.4, 0.5) is 0 Å². The summed E-state index contributed by atoms with van der Waals surface area (Å²) in [5.74, 6) is 0.393. The number of aromatic nitrogens is 2. The van der Waals surface area contributed by atoms with Crippen LogP contribution in [0.25, 0.3) is 0 Å². The lowest BCUT2D eigenvalue weighted by atomic mass is 9.98. The number of sulfonamides is 1. The van der Waals surface area contributed by atoms with Crippen molar-refractivity contribution in [3.8, 4) is 0 Å². The van der Waals surface area contributed by atoms with Crippen LogP contribution in [0, 0.1) is 19.8 Å². The summed E-state index contributed by atoms with van der Waals surface area (Å²) in [5.41, 5.74) is 1.14. The number of aryl methyl sites for hydroxylation is 2. The van der Waals surface area contributed by atoms with Crippen LogP contribution in [0.3, 0.4) is 0 Å². The van der Waals surface area contributed by atoms with Crippen LogP contribution in [0.1, 0.15) is 50.4 Å². The van der Waals surface area contributed by atoms with Gasteiger partial charge in [-0.2, -0.15) is 5.10 Å². The molecule has 1 heterocycles. The van der Waals surface area contributed by atoms with E-state index in [4.69, 9.17) is 0 Å². The van der Waals surface area contributed by atoms with E-state index in [0.29, 0.717) is 22.2 Å². The molecule has 0 radical (unpaired) electrons. The van der Waals surface area contributed by atoms with Gasteiger partial charge in [0.1, 0.15) is 4.90 Å². The molecule has 1 fully saturated rings. The van der Waals surface area contributed by atoms with Crippen LogP contribution in [0.2, 0.25) is 0 Å². The molecule has 1 aliphatic rings. The van der Waals surface area contributed by atoms with E-state index < -0.39 is 10.0 Å². The standard InChI is InChI=1S/C13H23N3O2S/c1-9-7-5-4-6-8-12(9)16-19(17,18)13-10(2)14-15-11(13)3/h9,12,16H,4-8H2,1-3H3,(H,14,15). The van der Waals surface area contributed by atoms with Gasteiger partial charge in [-0.3, -0.25) is 5.10 Å². The van der Waals surface area contributed by atoms with Gasteiger partial charge in [-0.05, 0) is 32.6 Å². The van der Waals surface area contributed by atoms with Gasteiger partial charge in [0.05, 0.1) is 11.4 Å². The van der Waals surface area contributed by atoms with Crippen LogP contribution in [-0.2, 0) is 10.0 Å². The molecule has 2 rings (SSSR count). The minimum atomic E-state index is -3.47. The Bertz CT molecular complexity index is 517. The third-order valence-corrected chi connectivity index (χ3v) is 5.75. The quantitative estimate of drug-likeness (QED) is 0.837. The summed E-state index contributed by atoms with van der Waals surface area (Å²) < 4.78 is 27.9. The van der Waals surface area contributed by atoms with Crippen molar-refractivity contribution in [1.82, 2.24) is 14.9 Å². The van der Waals surface area contributed by atoms with Gasteiger partial charge in [-0.25, -0.2) is 13.1 Å². The molecule has 2 unspecified atom stereocenters. The van der Waals surface area contributed by atoms with Crippen LogP contribution in [-0.4, -0.2) is 24.7 Å². The summed E-state index contributed by atoms with van der Waals surface area (Å²) in [7, 11) is -3.47. The zero-order chi connectivity index (χ0) is 14.0. The third-order valence-electron chi connectivity index (χ3n) is 4.00. The second kappa shape index (κ2) is 5.63. The Morgan fingerprint density at radius 3 is 2.53 bits per heavy atom. The van der Waals surface area contributed by atoms with Crippen LogP contribution in [0.15, 0.2) is 4.90 Å². The Balaban J connectivity index is 2.21. The zero-order valence-electron chi connectivity index (χ0n) is 11.9. The maximum atomic E-state index is 12.5. The molecule has 1 saturated carbocycles. The first-order valence-corrected chi connectivity index (χ1v) is 8.44. The summed E-state index contributed by atoms with van der Waals surface area (Å²) in [5, 5.41) is 6.70. The number of hydrogen-bond donors (Lipinski definition) is 2. The molecule has 1 aromatic heterocycles. The maximum absolute atomic E-state index is 12.5. The first-order chi connectivity index (χ1) is 8.92. The first-order valence-electron chi connectivity index (χ1n) is 6.95. The van der Waals surface area contributed by atoms with Gasteiger partial charge >= 0.3 is 0 Å². The highest BCUT2D eigenvalue weighted by atomic mass is 32.2. The fraction of sp³-hybridized carbons (Fsp3) is 0.769. The highest BCUT2D eigenvalue weighted by Crippen LogP contribution is 2.25. The van der Waals surface area contributed by atoms with Crippen molar-refractivity contribution in [2.45, 2.75) is 63.8 Å². The molecule has 0 bridgehead atoms. The molecule has 2 N–H and O–H groups in total. The van der Waals surface area contributed by atoms with E-state index in [1.807, 2.05) is 0 Å². The lowest BCUT2D eigenvalue weighted by Crippen LogP contribution is -2.39. The van der Waals surface area contributed by atoms with Gasteiger partial charge in [0.15, 0.2) is 0 Å². The van der Waals surface area contributed by atoms with Gasteiger partial charge < -0.3 is 0 Å². The highest BCUT2D eigenvalue weighted by molar-refractivity contribution is 7.89. The predicted molar refractivity (Wildman–Crippen MR) is 74.4 cm³/mol. The van der Waals surface area contributed by atoms with E-state index in [9.17, 15) is 8.42 Å². The fourth-order valence-electron chi connectivity index (χ4n) is 2.86. The third kappa shape index (κ3) is 3.17. The molecule has 0 aliphatic heterocycles. The predicted octanol–water partition coefficient (Wildman–Crippen LogP) is 2.27. The number of H-pyrrole nitrogens is 1. The molecular formula is C13H23N3O2S. The summed E-state index contributed by atoms with van der Waals surface area (Å²) in [6.07, 6.45) is 5.52. The van der Waals surface area contributed by atoms with E-state index in [0.717, 1.165) is 19.3 Å². The number of hydrogen-bond acceptors (Lipinski definition) is 3. The van der Waals surface area contributed by atoms with Crippen LogP contribution < -0.4 is 4.72 Å². The Labute approximate surface area is 115 Å². The summed E-state index contributed by atoms with van der Waals surface area (Å²) in [6, 6.07) is 0.0428. The Hall–Kier alpha value is -0.880. The molecule has 19 heavy (non-hydrogen) atoms. The molecule has 108 valence electrons. The normalized spacial score (nSPS) is 25.2. The highest BCUT2D eigenvalue weighted by Gasteiger charge is 2.28.